The van der Waals surface area contributed by atoms with Gasteiger partial charge in [0.2, 0.25) is 0 Å². The number of anilines is 1. The predicted octanol–water partition coefficient (Wildman–Crippen LogP) is 3.38. The van der Waals surface area contributed by atoms with E-state index in [9.17, 15) is 19.7 Å². The molecule has 1 N–H and O–H groups in total. The quantitative estimate of drug-likeness (QED) is 0.390. The van der Waals surface area contributed by atoms with Gasteiger partial charge in [0, 0.05) is 23.4 Å². The summed E-state index contributed by atoms with van der Waals surface area (Å²) < 4.78 is 9.54. The number of rotatable bonds is 5. The molecule has 0 atom stereocenters. The highest BCUT2D eigenvalue weighted by Gasteiger charge is 2.12. The van der Waals surface area contributed by atoms with Crippen molar-refractivity contribution in [3.8, 4) is 5.75 Å². The van der Waals surface area contributed by atoms with Crippen LogP contribution in [-0.2, 0) is 4.74 Å². The molecule has 8 nitrogen and oxygen atoms in total. The molecule has 2 rings (SSSR count). The monoisotopic (exact) mass is 330 g/mol. The molecule has 0 aromatic heterocycles. The van der Waals surface area contributed by atoms with Gasteiger partial charge in [0.1, 0.15) is 5.75 Å². The van der Waals surface area contributed by atoms with Crippen LogP contribution in [0, 0.1) is 10.1 Å². The Hall–Kier alpha value is -3.42. The number of nitrogens with zero attached hydrogens (tertiary/aromatic N) is 1. The molecule has 0 spiro atoms. The number of benzene rings is 2. The first-order chi connectivity index (χ1) is 11.5. The lowest BCUT2D eigenvalue weighted by Gasteiger charge is -2.07. The Kier molecular flexibility index (Phi) is 5.45. The van der Waals surface area contributed by atoms with E-state index in [0.29, 0.717) is 5.69 Å². The highest BCUT2D eigenvalue weighted by atomic mass is 16.7. The van der Waals surface area contributed by atoms with E-state index in [0.717, 1.165) is 0 Å². The molecular weight excluding hydrogens is 316 g/mol. The van der Waals surface area contributed by atoms with Crippen LogP contribution in [0.25, 0.3) is 0 Å². The molecule has 0 aliphatic carbocycles. The number of hydrogen-bond acceptors (Lipinski definition) is 6. The Morgan fingerprint density at radius 2 is 1.88 bits per heavy atom. The van der Waals surface area contributed by atoms with E-state index in [4.69, 9.17) is 4.74 Å². The summed E-state index contributed by atoms with van der Waals surface area (Å²) in [6, 6.07) is 11.4. The largest absolute Gasteiger partial charge is 0.513 e. The number of nitro groups is 1. The second kappa shape index (κ2) is 7.73. The fourth-order valence-corrected chi connectivity index (χ4v) is 1.81. The maximum absolute atomic E-state index is 12.1. The standard InChI is InChI=1S/C16H14N2O6/c1-2-23-16(20)24-14-8-6-12(7-9-14)17-15(19)11-4-3-5-13(10-11)18(21)22/h3-10H,2H2,1H3,(H,17,19). The second-order valence-corrected chi connectivity index (χ2v) is 4.57. The first-order valence-corrected chi connectivity index (χ1v) is 7.00. The third-order valence-electron chi connectivity index (χ3n) is 2.89. The molecule has 0 saturated heterocycles. The number of carbonyl (C=O) groups excluding carboxylic acids is 2. The predicted molar refractivity (Wildman–Crippen MR) is 85.1 cm³/mol. The molecule has 8 heteroatoms. The van der Waals surface area contributed by atoms with Crippen LogP contribution in [0.15, 0.2) is 48.5 Å². The molecule has 0 aliphatic heterocycles. The van der Waals surface area contributed by atoms with E-state index in [-0.39, 0.29) is 23.6 Å². The second-order valence-electron chi connectivity index (χ2n) is 4.57. The Morgan fingerprint density at radius 3 is 2.50 bits per heavy atom. The smallest absolute Gasteiger partial charge is 0.434 e. The van der Waals surface area contributed by atoms with E-state index in [1.54, 1.807) is 6.92 Å². The van der Waals surface area contributed by atoms with E-state index in [2.05, 4.69) is 10.1 Å². The Labute approximate surface area is 137 Å². The van der Waals surface area contributed by atoms with Crippen LogP contribution in [0.3, 0.4) is 0 Å². The lowest BCUT2D eigenvalue weighted by molar-refractivity contribution is -0.384. The van der Waals surface area contributed by atoms with Gasteiger partial charge in [-0.2, -0.15) is 0 Å². The third kappa shape index (κ3) is 4.54. The van der Waals surface area contributed by atoms with Crippen molar-refractivity contribution < 1.29 is 24.0 Å². The topological polar surface area (TPSA) is 108 Å². The van der Waals surface area contributed by atoms with Crippen LogP contribution in [0.1, 0.15) is 17.3 Å². The van der Waals surface area contributed by atoms with Crippen molar-refractivity contribution in [3.05, 3.63) is 64.2 Å². The summed E-state index contributed by atoms with van der Waals surface area (Å²) in [6.45, 7) is 1.87. The van der Waals surface area contributed by atoms with Gasteiger partial charge >= 0.3 is 6.16 Å². The van der Waals surface area contributed by atoms with Gasteiger partial charge in [-0.15, -0.1) is 0 Å². The van der Waals surface area contributed by atoms with Crippen molar-refractivity contribution in [1.82, 2.24) is 0 Å². The molecule has 2 aromatic carbocycles. The van der Waals surface area contributed by atoms with Gasteiger partial charge in [0.15, 0.2) is 0 Å². The van der Waals surface area contributed by atoms with Gasteiger partial charge in [0.05, 0.1) is 11.5 Å². The van der Waals surface area contributed by atoms with Gasteiger partial charge in [-0.05, 0) is 37.3 Å². The number of nitrogens with one attached hydrogen (secondary N) is 1. The average Bonchev–Trinajstić information content (AvgIpc) is 2.57. The van der Waals surface area contributed by atoms with Crippen molar-refractivity contribution in [1.29, 1.82) is 0 Å². The zero-order valence-corrected chi connectivity index (χ0v) is 12.7. The summed E-state index contributed by atoms with van der Waals surface area (Å²) in [7, 11) is 0. The Morgan fingerprint density at radius 1 is 1.17 bits per heavy atom. The van der Waals surface area contributed by atoms with Crippen LogP contribution < -0.4 is 10.1 Å². The minimum Gasteiger partial charge on any atom is -0.434 e. The Balaban J connectivity index is 2.03. The van der Waals surface area contributed by atoms with Gasteiger partial charge in [-0.25, -0.2) is 4.79 Å². The summed E-state index contributed by atoms with van der Waals surface area (Å²) in [5.74, 6) is -0.223. The molecule has 0 aliphatic rings. The van der Waals surface area contributed by atoms with Crippen molar-refractivity contribution >= 4 is 23.4 Å². The Bertz CT molecular complexity index is 757. The molecule has 0 unspecified atom stereocenters. The molecule has 0 heterocycles. The minimum atomic E-state index is -0.814. The zero-order chi connectivity index (χ0) is 17.5. The number of non-ortho nitro benzene ring substituents is 1. The molecule has 124 valence electrons. The maximum Gasteiger partial charge on any atom is 0.513 e. The SMILES string of the molecule is CCOC(=O)Oc1ccc(NC(=O)c2cccc([N+](=O)[O-])c2)cc1. The van der Waals surface area contributed by atoms with E-state index < -0.39 is 17.0 Å². The molecule has 24 heavy (non-hydrogen) atoms. The highest BCUT2D eigenvalue weighted by Crippen LogP contribution is 2.18. The third-order valence-corrected chi connectivity index (χ3v) is 2.89. The molecule has 0 radical (unpaired) electrons. The first-order valence-electron chi connectivity index (χ1n) is 7.00. The van der Waals surface area contributed by atoms with E-state index in [1.807, 2.05) is 0 Å². The van der Waals surface area contributed by atoms with Crippen molar-refractivity contribution in [2.45, 2.75) is 6.92 Å². The highest BCUT2D eigenvalue weighted by molar-refractivity contribution is 6.04. The van der Waals surface area contributed by atoms with E-state index in [1.165, 1.54) is 48.5 Å². The summed E-state index contributed by atoms with van der Waals surface area (Å²) in [5, 5.41) is 13.3. The van der Waals surface area contributed by atoms with Crippen LogP contribution in [0.4, 0.5) is 16.2 Å². The number of nitro benzene ring substituents is 1. The molecule has 2 aromatic rings. The molecule has 0 fully saturated rings. The number of ether oxygens (including phenoxy) is 2. The van der Waals surface area contributed by atoms with Crippen LogP contribution >= 0.6 is 0 Å². The number of hydrogen-bond donors (Lipinski definition) is 1. The van der Waals surface area contributed by atoms with Gasteiger partial charge in [-0.1, -0.05) is 6.07 Å². The van der Waals surface area contributed by atoms with Gasteiger partial charge < -0.3 is 14.8 Å². The molecular formula is C16H14N2O6. The van der Waals surface area contributed by atoms with Crippen LogP contribution in [0.5, 0.6) is 5.75 Å². The minimum absolute atomic E-state index is 0.163. The van der Waals surface area contributed by atoms with Crippen LogP contribution in [-0.4, -0.2) is 23.6 Å². The van der Waals surface area contributed by atoms with Crippen molar-refractivity contribution in [2.24, 2.45) is 0 Å². The van der Waals surface area contributed by atoms with Crippen molar-refractivity contribution in [2.75, 3.05) is 11.9 Å². The van der Waals surface area contributed by atoms with E-state index >= 15 is 0 Å². The average molecular weight is 330 g/mol. The lowest BCUT2D eigenvalue weighted by Crippen LogP contribution is -2.12. The number of carbonyl (C=O) groups is 2. The summed E-state index contributed by atoms with van der Waals surface area (Å²) in [6.07, 6.45) is -0.814. The lowest BCUT2D eigenvalue weighted by atomic mass is 10.2. The first kappa shape index (κ1) is 16.9. The normalized spacial score (nSPS) is 9.88. The zero-order valence-electron chi connectivity index (χ0n) is 12.7. The van der Waals surface area contributed by atoms with Gasteiger partial charge in [0.25, 0.3) is 11.6 Å². The summed E-state index contributed by atoms with van der Waals surface area (Å²) in [5.41, 5.74) is 0.444. The summed E-state index contributed by atoms with van der Waals surface area (Å²) >= 11 is 0. The fourth-order valence-electron chi connectivity index (χ4n) is 1.81. The molecule has 0 saturated carbocycles. The van der Waals surface area contributed by atoms with Crippen molar-refractivity contribution in [3.63, 3.8) is 0 Å². The summed E-state index contributed by atoms with van der Waals surface area (Å²) in [4.78, 5) is 33.4. The number of amides is 1. The molecule has 0 bridgehead atoms. The van der Waals surface area contributed by atoms with Gasteiger partial charge in [-0.3, -0.25) is 14.9 Å². The molecule has 1 amide bonds. The van der Waals surface area contributed by atoms with Crippen LogP contribution in [0.2, 0.25) is 0 Å². The maximum atomic E-state index is 12.1. The fraction of sp³-hybridized carbons (Fsp3) is 0.125.